The van der Waals surface area contributed by atoms with Gasteiger partial charge in [-0.1, -0.05) is 0 Å². The highest BCUT2D eigenvalue weighted by molar-refractivity contribution is 5.97. The van der Waals surface area contributed by atoms with Crippen molar-refractivity contribution in [3.63, 3.8) is 0 Å². The smallest absolute Gasteiger partial charge is 0.255 e. The number of nitrogens with one attached hydrogen (secondary N) is 1. The lowest BCUT2D eigenvalue weighted by Gasteiger charge is -2.24. The molecule has 1 unspecified atom stereocenters. The second-order valence-electron chi connectivity index (χ2n) is 7.27. The first-order chi connectivity index (χ1) is 12.6. The number of hydrogen-bond donors (Lipinski definition) is 2. The zero-order valence-electron chi connectivity index (χ0n) is 15.0. The molecule has 1 aliphatic carbocycles. The van der Waals surface area contributed by atoms with Crippen LogP contribution in [-0.2, 0) is 12.8 Å². The molecule has 4 rings (SSSR count). The molecule has 1 fully saturated rings. The van der Waals surface area contributed by atoms with Crippen LogP contribution in [0.15, 0.2) is 22.9 Å². The van der Waals surface area contributed by atoms with Crippen molar-refractivity contribution in [1.29, 1.82) is 0 Å². The molecule has 2 aromatic rings. The molecular weight excluding hydrogens is 332 g/mol. The molecule has 1 atom stereocenters. The van der Waals surface area contributed by atoms with Crippen molar-refractivity contribution in [2.75, 3.05) is 24.5 Å². The summed E-state index contributed by atoms with van der Waals surface area (Å²) in [7, 11) is 0. The Labute approximate surface area is 152 Å². The summed E-state index contributed by atoms with van der Waals surface area (Å²) in [5, 5.41) is 13.8. The van der Waals surface area contributed by atoms with Crippen LogP contribution in [0, 0.1) is 6.92 Å². The van der Waals surface area contributed by atoms with E-state index in [0.29, 0.717) is 36.8 Å². The van der Waals surface area contributed by atoms with Gasteiger partial charge in [-0.25, -0.2) is 9.97 Å². The summed E-state index contributed by atoms with van der Waals surface area (Å²) in [5.74, 6) is 2.07. The summed E-state index contributed by atoms with van der Waals surface area (Å²) in [6.07, 6.45) is 7.92. The van der Waals surface area contributed by atoms with Crippen molar-refractivity contribution in [3.05, 3.63) is 41.1 Å². The number of aryl methyl sites for hydroxylation is 2. The van der Waals surface area contributed by atoms with E-state index >= 15 is 0 Å². The Hall–Kier alpha value is -2.41. The van der Waals surface area contributed by atoms with Crippen LogP contribution < -0.4 is 10.2 Å². The predicted molar refractivity (Wildman–Crippen MR) is 96.2 cm³/mol. The number of rotatable bonds is 4. The minimum Gasteiger partial charge on any atom is -0.465 e. The number of hydrogen-bond acceptors (Lipinski definition) is 6. The van der Waals surface area contributed by atoms with Crippen molar-refractivity contribution in [2.45, 2.75) is 44.6 Å². The highest BCUT2D eigenvalue weighted by Gasteiger charge is 2.38. The number of carbonyl (C=O) groups is 1. The average molecular weight is 356 g/mol. The van der Waals surface area contributed by atoms with Crippen LogP contribution in [0.4, 0.5) is 5.95 Å². The topological polar surface area (TPSA) is 91.5 Å². The van der Waals surface area contributed by atoms with E-state index in [1.807, 2.05) is 11.8 Å². The van der Waals surface area contributed by atoms with E-state index in [1.165, 1.54) is 0 Å². The van der Waals surface area contributed by atoms with Crippen molar-refractivity contribution in [3.8, 4) is 0 Å². The third-order valence-corrected chi connectivity index (χ3v) is 5.32. The van der Waals surface area contributed by atoms with Crippen molar-refractivity contribution in [2.24, 2.45) is 0 Å². The number of anilines is 1. The fourth-order valence-electron chi connectivity index (χ4n) is 3.96. The Morgan fingerprint density at radius 1 is 1.35 bits per heavy atom. The van der Waals surface area contributed by atoms with E-state index in [4.69, 9.17) is 4.42 Å². The molecule has 26 heavy (non-hydrogen) atoms. The lowest BCUT2D eigenvalue weighted by molar-refractivity contribution is 0.0574. The number of nitrogens with zero attached hydrogens (tertiary/aromatic N) is 3. The highest BCUT2D eigenvalue weighted by Crippen LogP contribution is 2.30. The molecule has 3 heterocycles. The molecule has 0 spiro atoms. The fourth-order valence-corrected chi connectivity index (χ4v) is 3.96. The maximum atomic E-state index is 12.7. The van der Waals surface area contributed by atoms with Gasteiger partial charge in [-0.2, -0.15) is 0 Å². The summed E-state index contributed by atoms with van der Waals surface area (Å²) >= 11 is 0. The number of β-amino-alcohol motifs (C(OH)–C–C–N with tert-alkyl or cyclic N) is 1. The molecule has 0 saturated carbocycles. The molecule has 7 heteroatoms. The van der Waals surface area contributed by atoms with Crippen LogP contribution >= 0.6 is 0 Å². The molecule has 0 radical (unpaired) electrons. The van der Waals surface area contributed by atoms with Gasteiger partial charge in [0.1, 0.15) is 17.1 Å². The van der Waals surface area contributed by atoms with Crippen LogP contribution in [0.1, 0.15) is 46.7 Å². The number of amides is 1. The SMILES string of the molecule is Cc1oc2c(c1C(=O)NCC1(O)CCN(c3ncccn3)C1)CCCC2. The van der Waals surface area contributed by atoms with E-state index < -0.39 is 5.60 Å². The third-order valence-electron chi connectivity index (χ3n) is 5.32. The van der Waals surface area contributed by atoms with E-state index in [-0.39, 0.29) is 12.5 Å². The zero-order chi connectivity index (χ0) is 18.1. The Kier molecular flexibility index (Phi) is 4.40. The molecule has 1 aliphatic heterocycles. The van der Waals surface area contributed by atoms with Gasteiger partial charge < -0.3 is 19.7 Å². The van der Waals surface area contributed by atoms with Gasteiger partial charge in [0, 0.05) is 37.5 Å². The first-order valence-electron chi connectivity index (χ1n) is 9.19. The first kappa shape index (κ1) is 17.0. The minimum atomic E-state index is -0.980. The molecule has 7 nitrogen and oxygen atoms in total. The van der Waals surface area contributed by atoms with E-state index in [9.17, 15) is 9.90 Å². The summed E-state index contributed by atoms with van der Waals surface area (Å²) in [6.45, 7) is 3.11. The number of aromatic nitrogens is 2. The van der Waals surface area contributed by atoms with E-state index in [2.05, 4.69) is 15.3 Å². The van der Waals surface area contributed by atoms with Gasteiger partial charge in [0.15, 0.2) is 0 Å². The van der Waals surface area contributed by atoms with Crippen LogP contribution in [0.25, 0.3) is 0 Å². The minimum absolute atomic E-state index is 0.155. The second-order valence-corrected chi connectivity index (χ2v) is 7.27. The van der Waals surface area contributed by atoms with E-state index in [1.54, 1.807) is 18.5 Å². The molecule has 0 bridgehead atoms. The normalized spacial score (nSPS) is 22.3. The Morgan fingerprint density at radius 2 is 2.12 bits per heavy atom. The van der Waals surface area contributed by atoms with Crippen molar-refractivity contribution in [1.82, 2.24) is 15.3 Å². The van der Waals surface area contributed by atoms with Crippen LogP contribution in [0.3, 0.4) is 0 Å². The molecule has 1 amide bonds. The largest absolute Gasteiger partial charge is 0.465 e. The monoisotopic (exact) mass is 356 g/mol. The first-order valence-corrected chi connectivity index (χ1v) is 9.19. The van der Waals surface area contributed by atoms with Gasteiger partial charge in [0.2, 0.25) is 5.95 Å². The summed E-state index contributed by atoms with van der Waals surface area (Å²) in [4.78, 5) is 23.1. The number of aliphatic hydroxyl groups is 1. The quantitative estimate of drug-likeness (QED) is 0.865. The molecule has 2 aromatic heterocycles. The summed E-state index contributed by atoms with van der Waals surface area (Å²) in [6, 6.07) is 1.76. The van der Waals surface area contributed by atoms with Crippen molar-refractivity contribution >= 4 is 11.9 Å². The zero-order valence-corrected chi connectivity index (χ0v) is 15.0. The molecule has 2 aliphatic rings. The van der Waals surface area contributed by atoms with Gasteiger partial charge in [0.25, 0.3) is 5.91 Å². The molecule has 2 N–H and O–H groups in total. The fraction of sp³-hybridized carbons (Fsp3) is 0.526. The van der Waals surface area contributed by atoms with E-state index in [0.717, 1.165) is 37.0 Å². The van der Waals surface area contributed by atoms with Gasteiger partial charge >= 0.3 is 0 Å². The maximum Gasteiger partial charge on any atom is 0.255 e. The van der Waals surface area contributed by atoms with Gasteiger partial charge in [-0.3, -0.25) is 4.79 Å². The lowest BCUT2D eigenvalue weighted by atomic mass is 9.94. The Balaban J connectivity index is 1.41. The average Bonchev–Trinajstić information content (AvgIpc) is 3.21. The summed E-state index contributed by atoms with van der Waals surface area (Å²) in [5.41, 5.74) is 0.723. The lowest BCUT2D eigenvalue weighted by Crippen LogP contribution is -2.45. The summed E-state index contributed by atoms with van der Waals surface area (Å²) < 4.78 is 5.78. The highest BCUT2D eigenvalue weighted by atomic mass is 16.3. The van der Waals surface area contributed by atoms with Crippen LogP contribution in [0.5, 0.6) is 0 Å². The maximum absolute atomic E-state index is 12.7. The van der Waals surface area contributed by atoms with Gasteiger partial charge in [0.05, 0.1) is 12.1 Å². The standard InChI is InChI=1S/C19H24N4O3/c1-13-16(14-5-2-3-6-15(14)26-13)17(24)22-11-19(25)7-10-23(12-19)18-20-8-4-9-21-18/h4,8-9,25H,2-3,5-7,10-12H2,1H3,(H,22,24). The number of carbonyl (C=O) groups excluding carboxylic acids is 1. The Morgan fingerprint density at radius 3 is 2.92 bits per heavy atom. The predicted octanol–water partition coefficient (Wildman–Crippen LogP) is 1.63. The molecule has 1 saturated heterocycles. The van der Waals surface area contributed by atoms with Crippen molar-refractivity contribution < 1.29 is 14.3 Å². The number of fused-ring (bicyclic) bond motifs is 1. The Bertz CT molecular complexity index is 805. The van der Waals surface area contributed by atoms with Crippen LogP contribution in [-0.4, -0.2) is 46.2 Å². The number of furan rings is 1. The molecular formula is C19H24N4O3. The third kappa shape index (κ3) is 3.19. The molecule has 138 valence electrons. The van der Waals surface area contributed by atoms with Crippen LogP contribution in [0.2, 0.25) is 0 Å². The van der Waals surface area contributed by atoms with Gasteiger partial charge in [-0.05, 0) is 38.7 Å². The van der Waals surface area contributed by atoms with Gasteiger partial charge in [-0.15, -0.1) is 0 Å². The second kappa shape index (κ2) is 6.72. The molecule has 0 aromatic carbocycles.